The van der Waals surface area contributed by atoms with Crippen molar-refractivity contribution in [1.82, 2.24) is 19.7 Å². The van der Waals surface area contributed by atoms with Gasteiger partial charge in [-0.1, -0.05) is 36.9 Å². The van der Waals surface area contributed by atoms with E-state index in [1.54, 1.807) is 23.6 Å². The second-order valence-corrected chi connectivity index (χ2v) is 6.26. The summed E-state index contributed by atoms with van der Waals surface area (Å²) in [6, 6.07) is 7.61. The molecular weight excluding hydrogens is 328 g/mol. The lowest BCUT2D eigenvalue weighted by atomic mass is 10.2. The van der Waals surface area contributed by atoms with Gasteiger partial charge < -0.3 is 9.64 Å². The van der Waals surface area contributed by atoms with E-state index in [0.717, 1.165) is 17.7 Å². The summed E-state index contributed by atoms with van der Waals surface area (Å²) < 4.78 is 6.86. The number of hydrogen-bond acceptors (Lipinski definition) is 5. The van der Waals surface area contributed by atoms with Crippen molar-refractivity contribution >= 4 is 17.7 Å². The van der Waals surface area contributed by atoms with Gasteiger partial charge in [-0.25, -0.2) is 9.89 Å². The number of thioether (sulfide) groups is 1. The van der Waals surface area contributed by atoms with E-state index in [4.69, 9.17) is 4.74 Å². The van der Waals surface area contributed by atoms with E-state index < -0.39 is 0 Å². The number of carbonyl (C=O) groups is 1. The molecule has 2 rings (SSSR count). The van der Waals surface area contributed by atoms with Gasteiger partial charge in [0.05, 0.1) is 12.9 Å². The van der Waals surface area contributed by atoms with Gasteiger partial charge in [-0.2, -0.15) is 0 Å². The van der Waals surface area contributed by atoms with Gasteiger partial charge >= 0.3 is 5.69 Å². The Kier molecular flexibility index (Phi) is 6.48. The minimum Gasteiger partial charge on any atom is -0.496 e. The third kappa shape index (κ3) is 4.41. The number of para-hydroxylation sites is 1. The first kappa shape index (κ1) is 18.1. The number of H-pyrrole nitrogens is 1. The molecule has 0 aliphatic heterocycles. The van der Waals surface area contributed by atoms with E-state index in [0.29, 0.717) is 18.2 Å². The first-order valence-corrected chi connectivity index (χ1v) is 8.69. The molecule has 0 bridgehead atoms. The lowest BCUT2D eigenvalue weighted by Gasteiger charge is -2.18. The highest BCUT2D eigenvalue weighted by Gasteiger charge is 2.15. The molecule has 0 spiro atoms. The van der Waals surface area contributed by atoms with Gasteiger partial charge in [0.2, 0.25) is 5.91 Å². The third-order valence-corrected chi connectivity index (χ3v) is 4.48. The third-order valence-electron chi connectivity index (χ3n) is 3.52. The van der Waals surface area contributed by atoms with Gasteiger partial charge in [0, 0.05) is 25.7 Å². The number of rotatable bonds is 8. The molecule has 0 unspecified atom stereocenters. The second-order valence-electron chi connectivity index (χ2n) is 5.31. The molecule has 2 aromatic rings. The SMILES string of the molecule is CCCn1c(SCC(=O)N(C)Cc2ccccc2OC)n[nH]c1=O. The van der Waals surface area contributed by atoms with E-state index in [2.05, 4.69) is 10.2 Å². The van der Waals surface area contributed by atoms with Crippen LogP contribution < -0.4 is 10.4 Å². The summed E-state index contributed by atoms with van der Waals surface area (Å²) in [7, 11) is 3.36. The van der Waals surface area contributed by atoms with Crippen LogP contribution in [0.3, 0.4) is 0 Å². The fourth-order valence-corrected chi connectivity index (χ4v) is 3.16. The quantitative estimate of drug-likeness (QED) is 0.734. The molecule has 1 amide bonds. The maximum absolute atomic E-state index is 12.3. The van der Waals surface area contributed by atoms with Crippen LogP contribution in [-0.4, -0.2) is 45.5 Å². The Bertz CT molecular complexity index is 741. The van der Waals surface area contributed by atoms with Crippen LogP contribution in [0.2, 0.25) is 0 Å². The zero-order valence-electron chi connectivity index (χ0n) is 14.1. The molecule has 7 nitrogen and oxygen atoms in total. The van der Waals surface area contributed by atoms with E-state index in [-0.39, 0.29) is 17.3 Å². The topological polar surface area (TPSA) is 80.2 Å². The first-order valence-electron chi connectivity index (χ1n) is 7.70. The number of aromatic nitrogens is 3. The average Bonchev–Trinajstić information content (AvgIpc) is 2.93. The molecule has 1 heterocycles. The molecule has 1 aromatic carbocycles. The number of ether oxygens (including phenoxy) is 1. The molecular formula is C16H22N4O3S. The number of aromatic amines is 1. The van der Waals surface area contributed by atoms with Crippen molar-refractivity contribution in [2.24, 2.45) is 0 Å². The largest absolute Gasteiger partial charge is 0.496 e. The fraction of sp³-hybridized carbons (Fsp3) is 0.438. The molecule has 0 saturated carbocycles. The van der Waals surface area contributed by atoms with Crippen LogP contribution in [-0.2, 0) is 17.9 Å². The zero-order chi connectivity index (χ0) is 17.5. The summed E-state index contributed by atoms with van der Waals surface area (Å²) in [5, 5.41) is 6.94. The molecule has 0 aliphatic rings. The van der Waals surface area contributed by atoms with Gasteiger partial charge in [0.1, 0.15) is 5.75 Å². The average molecular weight is 350 g/mol. The van der Waals surface area contributed by atoms with Gasteiger partial charge in [-0.15, -0.1) is 5.10 Å². The summed E-state index contributed by atoms with van der Waals surface area (Å²) in [5.74, 6) is 0.943. The van der Waals surface area contributed by atoms with Gasteiger partial charge in [-0.3, -0.25) is 9.36 Å². The number of carbonyl (C=O) groups excluding carboxylic acids is 1. The van der Waals surface area contributed by atoms with Gasteiger partial charge in [-0.05, 0) is 12.5 Å². The van der Waals surface area contributed by atoms with Crippen LogP contribution in [0.5, 0.6) is 5.75 Å². The van der Waals surface area contributed by atoms with Crippen molar-refractivity contribution in [3.05, 3.63) is 40.3 Å². The molecule has 0 aliphatic carbocycles. The Morgan fingerprint density at radius 1 is 1.42 bits per heavy atom. The summed E-state index contributed by atoms with van der Waals surface area (Å²) >= 11 is 1.26. The molecule has 0 atom stereocenters. The van der Waals surface area contributed by atoms with Crippen molar-refractivity contribution in [2.45, 2.75) is 31.6 Å². The normalized spacial score (nSPS) is 10.6. The van der Waals surface area contributed by atoms with Gasteiger partial charge in [0.25, 0.3) is 0 Å². The first-order chi connectivity index (χ1) is 11.6. The van der Waals surface area contributed by atoms with Crippen LogP contribution in [0, 0.1) is 0 Å². The van der Waals surface area contributed by atoms with Crippen molar-refractivity contribution in [3.8, 4) is 5.75 Å². The second kappa shape index (κ2) is 8.58. The minimum atomic E-state index is -0.242. The maximum atomic E-state index is 12.3. The van der Waals surface area contributed by atoms with E-state index >= 15 is 0 Å². The monoisotopic (exact) mass is 350 g/mol. The zero-order valence-corrected chi connectivity index (χ0v) is 14.9. The highest BCUT2D eigenvalue weighted by molar-refractivity contribution is 7.99. The molecule has 0 saturated heterocycles. The molecule has 130 valence electrons. The van der Waals surface area contributed by atoms with Crippen LogP contribution in [0.15, 0.2) is 34.2 Å². The molecule has 1 aromatic heterocycles. The highest BCUT2D eigenvalue weighted by atomic mass is 32.2. The summed E-state index contributed by atoms with van der Waals surface area (Å²) in [4.78, 5) is 25.6. The van der Waals surface area contributed by atoms with E-state index in [1.807, 2.05) is 31.2 Å². The molecule has 1 N–H and O–H groups in total. The Hall–Kier alpha value is -2.22. The molecule has 24 heavy (non-hydrogen) atoms. The van der Waals surface area contributed by atoms with Crippen molar-refractivity contribution in [1.29, 1.82) is 0 Å². The van der Waals surface area contributed by atoms with E-state index in [1.165, 1.54) is 11.8 Å². The Labute approximate surface area is 145 Å². The lowest BCUT2D eigenvalue weighted by Crippen LogP contribution is -2.28. The van der Waals surface area contributed by atoms with Crippen LogP contribution in [0.4, 0.5) is 0 Å². The number of nitrogens with zero attached hydrogens (tertiary/aromatic N) is 3. The van der Waals surface area contributed by atoms with Crippen LogP contribution in [0.25, 0.3) is 0 Å². The predicted molar refractivity (Wildman–Crippen MR) is 93.3 cm³/mol. The number of benzene rings is 1. The van der Waals surface area contributed by atoms with Gasteiger partial charge in [0.15, 0.2) is 5.16 Å². The van der Waals surface area contributed by atoms with Crippen molar-refractivity contribution < 1.29 is 9.53 Å². The summed E-state index contributed by atoms with van der Waals surface area (Å²) in [5.41, 5.74) is 0.706. The lowest BCUT2D eigenvalue weighted by molar-refractivity contribution is -0.127. The Morgan fingerprint density at radius 2 is 2.17 bits per heavy atom. The molecule has 8 heteroatoms. The number of amides is 1. The minimum absolute atomic E-state index is 0.0376. The predicted octanol–water partition coefficient (Wildman–Crippen LogP) is 1.74. The standard InChI is InChI=1S/C16H22N4O3S/c1-4-9-20-15(22)17-18-16(20)24-11-14(21)19(2)10-12-7-5-6-8-13(12)23-3/h5-8H,4,9-11H2,1-3H3,(H,17,22). The number of methoxy groups -OCH3 is 1. The smallest absolute Gasteiger partial charge is 0.343 e. The maximum Gasteiger partial charge on any atom is 0.343 e. The molecule has 0 fully saturated rings. The number of hydrogen-bond donors (Lipinski definition) is 1. The summed E-state index contributed by atoms with van der Waals surface area (Å²) in [6.45, 7) is 3.04. The highest BCUT2D eigenvalue weighted by Crippen LogP contribution is 2.20. The van der Waals surface area contributed by atoms with Crippen molar-refractivity contribution in [2.75, 3.05) is 19.9 Å². The Balaban J connectivity index is 1.96. The summed E-state index contributed by atoms with van der Waals surface area (Å²) in [6.07, 6.45) is 0.828. The Morgan fingerprint density at radius 3 is 2.88 bits per heavy atom. The van der Waals surface area contributed by atoms with Crippen LogP contribution >= 0.6 is 11.8 Å². The molecule has 0 radical (unpaired) electrons. The van der Waals surface area contributed by atoms with Crippen LogP contribution in [0.1, 0.15) is 18.9 Å². The van der Waals surface area contributed by atoms with E-state index in [9.17, 15) is 9.59 Å². The number of nitrogens with one attached hydrogen (secondary N) is 1. The van der Waals surface area contributed by atoms with Crippen molar-refractivity contribution in [3.63, 3.8) is 0 Å². The fourth-order valence-electron chi connectivity index (χ4n) is 2.25.